The summed E-state index contributed by atoms with van der Waals surface area (Å²) in [6.45, 7) is 11.3. The molecule has 0 saturated heterocycles. The lowest BCUT2D eigenvalue weighted by Crippen LogP contribution is -2.57. The molecule has 1 aromatic carbocycles. The van der Waals surface area contributed by atoms with Crippen molar-refractivity contribution in [2.45, 2.75) is 84.1 Å². The van der Waals surface area contributed by atoms with Crippen LogP contribution in [0.25, 0.3) is 16.4 Å². The van der Waals surface area contributed by atoms with E-state index < -0.39 is 0 Å². The van der Waals surface area contributed by atoms with Gasteiger partial charge in [0, 0.05) is 11.8 Å². The Bertz CT molecular complexity index is 1110. The molecule has 2 atom stereocenters. The van der Waals surface area contributed by atoms with E-state index in [0.29, 0.717) is 0 Å². The average molecular weight is 378 g/mol. The summed E-state index contributed by atoms with van der Waals surface area (Å²) >= 11 is 0. The van der Waals surface area contributed by atoms with Gasteiger partial charge in [-0.15, -0.1) is 0 Å². The largest absolute Gasteiger partial charge is 0.338 e. The topological polar surface area (TPSA) is 26.1 Å². The van der Waals surface area contributed by atoms with Gasteiger partial charge in [0.25, 0.3) is 5.65 Å². The Hall–Kier alpha value is -2.16. The Labute approximate surface area is 168 Å². The van der Waals surface area contributed by atoms with Crippen LogP contribution in [0.2, 0.25) is 0 Å². The molecule has 0 amide bonds. The molecule has 0 saturated carbocycles. The van der Waals surface area contributed by atoms with Crippen molar-refractivity contribution < 1.29 is 4.40 Å². The number of aryl methyl sites for hydroxylation is 1. The summed E-state index contributed by atoms with van der Waals surface area (Å²) in [6, 6.07) is 10.8. The Morgan fingerprint density at radius 3 is 2.50 bits per heavy atom. The highest BCUT2D eigenvalue weighted by molar-refractivity contribution is 5.97. The van der Waals surface area contributed by atoms with E-state index in [1.54, 1.807) is 0 Å². The van der Waals surface area contributed by atoms with E-state index in [0.717, 1.165) is 37.0 Å². The number of pyridine rings is 1. The molecule has 148 valence electrons. The highest BCUT2D eigenvalue weighted by Gasteiger charge is 2.54. The Morgan fingerprint density at radius 2 is 1.82 bits per heavy atom. The quantitative estimate of drug-likeness (QED) is 0.326. The van der Waals surface area contributed by atoms with Crippen LogP contribution in [0.5, 0.6) is 0 Å². The molecule has 0 spiro atoms. The monoisotopic (exact) mass is 377 g/mol. The molecule has 2 aromatic heterocycles. The predicted octanol–water partition coefficient (Wildman–Crippen LogP) is 5.28. The normalized spacial score (nSPS) is 23.8. The summed E-state index contributed by atoms with van der Waals surface area (Å²) in [5, 5.41) is 2.49. The molecule has 4 rings (SSSR count). The van der Waals surface area contributed by atoms with Crippen LogP contribution in [0.3, 0.4) is 0 Å². The number of nitrogens with zero attached hydrogens (tertiary/aromatic N) is 2. The van der Waals surface area contributed by atoms with Crippen LogP contribution in [-0.4, -0.2) is 4.57 Å². The molecule has 0 radical (unpaired) electrons. The SMILES string of the molecule is CCCCCc1cc(=O)n2c3c4c(cccc4cc[n+]13)C(C)(CC)C2(C)CC. The second kappa shape index (κ2) is 6.72. The summed E-state index contributed by atoms with van der Waals surface area (Å²) in [6.07, 6.45) is 8.56. The highest BCUT2D eigenvalue weighted by Crippen LogP contribution is 2.50. The maximum Gasteiger partial charge on any atom is 0.338 e. The van der Waals surface area contributed by atoms with Gasteiger partial charge in [0.1, 0.15) is 11.2 Å². The first-order chi connectivity index (χ1) is 13.4. The first kappa shape index (κ1) is 19.2. The number of hydrogen-bond donors (Lipinski definition) is 0. The van der Waals surface area contributed by atoms with Crippen LogP contribution in [-0.2, 0) is 17.4 Å². The molecule has 2 unspecified atom stereocenters. The second-order valence-electron chi connectivity index (χ2n) is 8.86. The zero-order valence-electron chi connectivity index (χ0n) is 18.0. The van der Waals surface area contributed by atoms with Gasteiger partial charge in [0.05, 0.1) is 17.6 Å². The lowest BCUT2D eigenvalue weighted by molar-refractivity contribution is -0.526. The third-order valence-electron chi connectivity index (χ3n) is 7.69. The van der Waals surface area contributed by atoms with Gasteiger partial charge in [-0.3, -0.25) is 0 Å². The molecule has 0 aliphatic carbocycles. The standard InChI is InChI=1S/C25H33N2O/c1-6-9-10-13-19-17-21(28)27-23-22-18(15-16-26(19)23)12-11-14-20(22)24(4,7-2)25(27,5)8-3/h11-12,14-17H,6-10,13H2,1-5H3/q+1. The van der Waals surface area contributed by atoms with Crippen molar-refractivity contribution in [2.24, 2.45) is 0 Å². The first-order valence-corrected chi connectivity index (χ1v) is 11.0. The van der Waals surface area contributed by atoms with Crippen molar-refractivity contribution in [3.63, 3.8) is 0 Å². The van der Waals surface area contributed by atoms with Crippen LogP contribution in [0.1, 0.15) is 78.0 Å². The Morgan fingerprint density at radius 1 is 1.04 bits per heavy atom. The van der Waals surface area contributed by atoms with Gasteiger partial charge in [0.2, 0.25) is 0 Å². The minimum atomic E-state index is -0.255. The molecule has 3 aromatic rings. The van der Waals surface area contributed by atoms with Gasteiger partial charge in [0.15, 0.2) is 0 Å². The van der Waals surface area contributed by atoms with Crippen LogP contribution >= 0.6 is 0 Å². The first-order valence-electron chi connectivity index (χ1n) is 11.0. The summed E-state index contributed by atoms with van der Waals surface area (Å²) in [7, 11) is 0. The van der Waals surface area contributed by atoms with Crippen molar-refractivity contribution in [3.8, 4) is 0 Å². The van der Waals surface area contributed by atoms with Crippen molar-refractivity contribution in [2.75, 3.05) is 0 Å². The van der Waals surface area contributed by atoms with Gasteiger partial charge < -0.3 is 0 Å². The fraction of sp³-hybridized carbons (Fsp3) is 0.520. The molecule has 3 nitrogen and oxygen atoms in total. The van der Waals surface area contributed by atoms with E-state index in [-0.39, 0.29) is 16.5 Å². The van der Waals surface area contributed by atoms with Crippen LogP contribution in [0.15, 0.2) is 41.3 Å². The van der Waals surface area contributed by atoms with E-state index in [1.165, 1.54) is 29.2 Å². The van der Waals surface area contributed by atoms with Crippen LogP contribution in [0.4, 0.5) is 0 Å². The average Bonchev–Trinajstić information content (AvgIpc) is 2.71. The number of aromatic nitrogens is 2. The fourth-order valence-corrected chi connectivity index (χ4v) is 5.48. The number of benzene rings is 1. The third kappa shape index (κ3) is 2.34. The Kier molecular flexibility index (Phi) is 4.60. The molecule has 0 bridgehead atoms. The molecule has 0 N–H and O–H groups in total. The number of hydrogen-bond acceptors (Lipinski definition) is 1. The lowest BCUT2D eigenvalue weighted by Gasteiger charge is -2.47. The van der Waals surface area contributed by atoms with Gasteiger partial charge in [-0.25, -0.2) is 9.20 Å². The smallest absolute Gasteiger partial charge is 0.241 e. The molecule has 28 heavy (non-hydrogen) atoms. The van der Waals surface area contributed by atoms with E-state index in [1.807, 2.05) is 6.07 Å². The molecule has 1 aliphatic heterocycles. The molecule has 0 fully saturated rings. The summed E-state index contributed by atoms with van der Waals surface area (Å²) < 4.78 is 4.42. The van der Waals surface area contributed by atoms with Crippen molar-refractivity contribution in [3.05, 3.63) is 58.1 Å². The van der Waals surface area contributed by atoms with Crippen molar-refractivity contribution in [1.29, 1.82) is 0 Å². The van der Waals surface area contributed by atoms with Crippen molar-refractivity contribution in [1.82, 2.24) is 4.57 Å². The maximum atomic E-state index is 13.5. The zero-order valence-corrected chi connectivity index (χ0v) is 18.0. The highest BCUT2D eigenvalue weighted by atomic mass is 16.1. The van der Waals surface area contributed by atoms with Gasteiger partial charge in [-0.1, -0.05) is 58.7 Å². The minimum absolute atomic E-state index is 0.0866. The number of rotatable bonds is 6. The fourth-order valence-electron chi connectivity index (χ4n) is 5.48. The maximum absolute atomic E-state index is 13.5. The zero-order chi connectivity index (χ0) is 20.1. The molecular weight excluding hydrogens is 344 g/mol. The predicted molar refractivity (Wildman–Crippen MR) is 116 cm³/mol. The minimum Gasteiger partial charge on any atom is -0.241 e. The van der Waals surface area contributed by atoms with Gasteiger partial charge in [-0.05, 0) is 43.2 Å². The Balaban J connectivity index is 2.18. The van der Waals surface area contributed by atoms with Gasteiger partial charge >= 0.3 is 5.56 Å². The van der Waals surface area contributed by atoms with E-state index in [2.05, 4.69) is 74.0 Å². The summed E-state index contributed by atoms with van der Waals surface area (Å²) in [4.78, 5) is 13.5. The molecule has 3 heterocycles. The van der Waals surface area contributed by atoms with E-state index in [9.17, 15) is 4.79 Å². The summed E-state index contributed by atoms with van der Waals surface area (Å²) in [5.74, 6) is 0. The lowest BCUT2D eigenvalue weighted by atomic mass is 9.62. The molecular formula is C25H33N2O+. The molecule has 3 heteroatoms. The molecule has 1 aliphatic rings. The number of unbranched alkanes of at least 4 members (excludes halogenated alkanes) is 2. The second-order valence-corrected chi connectivity index (χ2v) is 8.86. The third-order valence-corrected chi connectivity index (χ3v) is 7.69. The van der Waals surface area contributed by atoms with Crippen LogP contribution in [0, 0.1) is 0 Å². The van der Waals surface area contributed by atoms with E-state index >= 15 is 0 Å². The van der Waals surface area contributed by atoms with Crippen molar-refractivity contribution >= 4 is 16.4 Å². The van der Waals surface area contributed by atoms with E-state index in [4.69, 9.17) is 0 Å². The van der Waals surface area contributed by atoms with Gasteiger partial charge in [-0.2, -0.15) is 4.57 Å². The van der Waals surface area contributed by atoms with Crippen LogP contribution < -0.4 is 9.96 Å². The summed E-state index contributed by atoms with van der Waals surface area (Å²) in [5.41, 5.74) is 3.42.